The Balaban J connectivity index is 1.43. The first-order chi connectivity index (χ1) is 14.5. The Labute approximate surface area is 175 Å². The van der Waals surface area contributed by atoms with Crippen molar-refractivity contribution in [3.05, 3.63) is 75.7 Å². The SMILES string of the molecule is O=C(Nc1ccc(F)cc1)c1nnc(C2CCCN2C(=O)Cc2ccc(F)cc2)s1. The van der Waals surface area contributed by atoms with Crippen molar-refractivity contribution in [2.45, 2.75) is 25.3 Å². The zero-order valence-corrected chi connectivity index (χ0v) is 16.7. The first kappa shape index (κ1) is 20.1. The van der Waals surface area contributed by atoms with Gasteiger partial charge in [0.1, 0.15) is 16.6 Å². The summed E-state index contributed by atoms with van der Waals surface area (Å²) in [5, 5.41) is 11.5. The molecule has 30 heavy (non-hydrogen) atoms. The van der Waals surface area contributed by atoms with Crippen LogP contribution in [-0.2, 0) is 11.2 Å². The van der Waals surface area contributed by atoms with E-state index in [0.717, 1.165) is 29.7 Å². The minimum absolute atomic E-state index is 0.0726. The minimum Gasteiger partial charge on any atom is -0.333 e. The molecule has 154 valence electrons. The number of amides is 2. The third-order valence-electron chi connectivity index (χ3n) is 4.86. The standard InChI is InChI=1S/C21H18F2N4O2S/c22-14-5-3-13(4-6-14)12-18(28)27-11-1-2-17(27)20-25-26-21(30-20)19(29)24-16-9-7-15(23)8-10-16/h3-10,17H,1-2,11-12H2,(H,24,29). The number of hydrogen-bond acceptors (Lipinski definition) is 5. The Bertz CT molecular complexity index is 1050. The van der Waals surface area contributed by atoms with E-state index < -0.39 is 11.7 Å². The number of benzene rings is 2. The van der Waals surface area contributed by atoms with Crippen molar-refractivity contribution in [3.8, 4) is 0 Å². The molecule has 0 radical (unpaired) electrons. The van der Waals surface area contributed by atoms with Crippen molar-refractivity contribution in [1.82, 2.24) is 15.1 Å². The van der Waals surface area contributed by atoms with Gasteiger partial charge in [0.05, 0.1) is 12.5 Å². The molecule has 4 rings (SSSR count). The second kappa shape index (κ2) is 8.66. The van der Waals surface area contributed by atoms with Crippen LogP contribution >= 0.6 is 11.3 Å². The Kier molecular flexibility index (Phi) is 5.80. The maximum Gasteiger partial charge on any atom is 0.286 e. The van der Waals surface area contributed by atoms with E-state index in [9.17, 15) is 18.4 Å². The van der Waals surface area contributed by atoms with E-state index in [2.05, 4.69) is 15.5 Å². The van der Waals surface area contributed by atoms with E-state index >= 15 is 0 Å². The molecule has 1 aromatic heterocycles. The van der Waals surface area contributed by atoms with Gasteiger partial charge in [0, 0.05) is 12.2 Å². The van der Waals surface area contributed by atoms with E-state index in [1.165, 1.54) is 36.4 Å². The highest BCUT2D eigenvalue weighted by molar-refractivity contribution is 7.13. The molecule has 1 saturated heterocycles. The van der Waals surface area contributed by atoms with Crippen LogP contribution in [0.5, 0.6) is 0 Å². The van der Waals surface area contributed by atoms with Crippen molar-refractivity contribution in [3.63, 3.8) is 0 Å². The number of halogens is 2. The number of aromatic nitrogens is 2. The predicted molar refractivity (Wildman–Crippen MR) is 108 cm³/mol. The number of likely N-dealkylation sites (tertiary alicyclic amines) is 1. The molecule has 0 spiro atoms. The molecule has 2 heterocycles. The Morgan fingerprint density at radius 1 is 1.03 bits per heavy atom. The molecule has 1 aliphatic rings. The minimum atomic E-state index is -0.437. The highest BCUT2D eigenvalue weighted by atomic mass is 32.1. The van der Waals surface area contributed by atoms with Gasteiger partial charge in [-0.25, -0.2) is 8.78 Å². The van der Waals surface area contributed by atoms with Crippen LogP contribution in [0.2, 0.25) is 0 Å². The van der Waals surface area contributed by atoms with Crippen LogP contribution < -0.4 is 5.32 Å². The first-order valence-corrected chi connectivity index (χ1v) is 10.3. The van der Waals surface area contributed by atoms with Gasteiger partial charge >= 0.3 is 0 Å². The average molecular weight is 428 g/mol. The summed E-state index contributed by atoms with van der Waals surface area (Å²) < 4.78 is 26.1. The lowest BCUT2D eigenvalue weighted by atomic mass is 10.1. The molecule has 1 unspecified atom stereocenters. The quantitative estimate of drug-likeness (QED) is 0.667. The fourth-order valence-corrected chi connectivity index (χ4v) is 4.27. The van der Waals surface area contributed by atoms with E-state index in [1.54, 1.807) is 17.0 Å². The van der Waals surface area contributed by atoms with Gasteiger partial charge in [-0.15, -0.1) is 10.2 Å². The van der Waals surface area contributed by atoms with Gasteiger partial charge in [0.25, 0.3) is 5.91 Å². The molecule has 6 nitrogen and oxygen atoms in total. The molecule has 2 aromatic carbocycles. The second-order valence-corrected chi connectivity index (χ2v) is 7.96. The number of carbonyl (C=O) groups excluding carboxylic acids is 2. The number of hydrogen-bond donors (Lipinski definition) is 1. The third-order valence-corrected chi connectivity index (χ3v) is 5.89. The van der Waals surface area contributed by atoms with Crippen LogP contribution in [0.3, 0.4) is 0 Å². The Hall–Kier alpha value is -3.20. The monoisotopic (exact) mass is 428 g/mol. The highest BCUT2D eigenvalue weighted by Gasteiger charge is 2.33. The summed E-state index contributed by atoms with van der Waals surface area (Å²) >= 11 is 1.14. The van der Waals surface area contributed by atoms with Crippen molar-refractivity contribution in [2.75, 3.05) is 11.9 Å². The molecular formula is C21H18F2N4O2S. The molecule has 2 amide bonds. The summed E-state index contributed by atoms with van der Waals surface area (Å²) in [7, 11) is 0. The molecule has 0 aliphatic carbocycles. The molecule has 1 fully saturated rings. The number of nitrogens with one attached hydrogen (secondary N) is 1. The highest BCUT2D eigenvalue weighted by Crippen LogP contribution is 2.34. The lowest BCUT2D eigenvalue weighted by Gasteiger charge is -2.22. The summed E-state index contributed by atoms with van der Waals surface area (Å²) in [4.78, 5) is 26.9. The molecule has 1 aliphatic heterocycles. The molecule has 3 aromatic rings. The Morgan fingerprint density at radius 3 is 2.40 bits per heavy atom. The fourth-order valence-electron chi connectivity index (χ4n) is 3.38. The lowest BCUT2D eigenvalue weighted by Crippen LogP contribution is -2.31. The largest absolute Gasteiger partial charge is 0.333 e. The summed E-state index contributed by atoms with van der Waals surface area (Å²) in [5.41, 5.74) is 1.19. The second-order valence-electron chi connectivity index (χ2n) is 6.95. The summed E-state index contributed by atoms with van der Waals surface area (Å²) in [5.74, 6) is -1.24. The normalized spacial score (nSPS) is 15.9. The van der Waals surface area contributed by atoms with E-state index in [1.807, 2.05) is 0 Å². The summed E-state index contributed by atoms with van der Waals surface area (Å²) in [6.45, 7) is 0.599. The van der Waals surface area contributed by atoms with Crippen molar-refractivity contribution in [2.24, 2.45) is 0 Å². The van der Waals surface area contributed by atoms with Crippen LogP contribution in [-0.4, -0.2) is 33.5 Å². The summed E-state index contributed by atoms with van der Waals surface area (Å²) in [6, 6.07) is 11.1. The summed E-state index contributed by atoms with van der Waals surface area (Å²) in [6.07, 6.45) is 1.74. The van der Waals surface area contributed by atoms with E-state index in [-0.39, 0.29) is 29.2 Å². The Morgan fingerprint density at radius 2 is 1.70 bits per heavy atom. The van der Waals surface area contributed by atoms with Gasteiger partial charge in [0.15, 0.2) is 0 Å². The third kappa shape index (κ3) is 4.51. The first-order valence-electron chi connectivity index (χ1n) is 9.44. The van der Waals surface area contributed by atoms with Gasteiger partial charge in [-0.3, -0.25) is 9.59 Å². The van der Waals surface area contributed by atoms with Gasteiger partial charge < -0.3 is 10.2 Å². The fraction of sp³-hybridized carbons (Fsp3) is 0.238. The molecule has 1 atom stereocenters. The molecule has 9 heteroatoms. The molecule has 1 N–H and O–H groups in total. The van der Waals surface area contributed by atoms with Crippen molar-refractivity contribution < 1.29 is 18.4 Å². The van der Waals surface area contributed by atoms with Gasteiger partial charge in [-0.05, 0) is 54.8 Å². The lowest BCUT2D eigenvalue weighted by molar-refractivity contribution is -0.131. The van der Waals surface area contributed by atoms with Gasteiger partial charge in [-0.2, -0.15) is 0 Å². The number of nitrogens with zero attached hydrogens (tertiary/aromatic N) is 3. The van der Waals surface area contributed by atoms with Crippen molar-refractivity contribution in [1.29, 1.82) is 0 Å². The zero-order chi connectivity index (χ0) is 21.1. The smallest absolute Gasteiger partial charge is 0.286 e. The number of anilines is 1. The van der Waals surface area contributed by atoms with Crippen LogP contribution in [0.15, 0.2) is 48.5 Å². The molecule has 0 saturated carbocycles. The van der Waals surface area contributed by atoms with Crippen molar-refractivity contribution >= 4 is 28.8 Å². The maximum atomic E-state index is 13.1. The topological polar surface area (TPSA) is 75.2 Å². The van der Waals surface area contributed by atoms with E-state index in [0.29, 0.717) is 17.2 Å². The maximum absolute atomic E-state index is 13.1. The van der Waals surface area contributed by atoms with Crippen LogP contribution in [0.1, 0.15) is 39.3 Å². The average Bonchev–Trinajstić information content (AvgIpc) is 3.40. The van der Waals surface area contributed by atoms with Gasteiger partial charge in [-0.1, -0.05) is 23.5 Å². The van der Waals surface area contributed by atoms with E-state index in [4.69, 9.17) is 0 Å². The number of carbonyl (C=O) groups is 2. The van der Waals surface area contributed by atoms with Crippen LogP contribution in [0.4, 0.5) is 14.5 Å². The zero-order valence-electron chi connectivity index (χ0n) is 15.8. The predicted octanol–water partition coefficient (Wildman–Crippen LogP) is 3.97. The van der Waals surface area contributed by atoms with Gasteiger partial charge in [0.2, 0.25) is 10.9 Å². The van der Waals surface area contributed by atoms with Crippen LogP contribution in [0, 0.1) is 11.6 Å². The van der Waals surface area contributed by atoms with Crippen LogP contribution in [0.25, 0.3) is 0 Å². The molecular weight excluding hydrogens is 410 g/mol. The number of rotatable bonds is 5. The molecule has 0 bridgehead atoms.